The van der Waals surface area contributed by atoms with Crippen molar-refractivity contribution in [1.82, 2.24) is 5.32 Å². The molecule has 0 aliphatic heterocycles. The van der Waals surface area contributed by atoms with Crippen LogP contribution < -0.4 is 15.4 Å². The largest absolute Gasteiger partial charge is 0.497 e. The SMILES string of the molecule is COc1ccc(CCC(=O)NCC(=O)Nc2c(C)cc(C)cc2C)cc1. The number of hydrogen-bond donors (Lipinski definition) is 2. The Morgan fingerprint density at radius 1 is 0.962 bits per heavy atom. The Balaban J connectivity index is 1.78. The molecule has 0 heterocycles. The van der Waals surface area contributed by atoms with Crippen molar-refractivity contribution in [1.29, 1.82) is 0 Å². The molecule has 2 aromatic carbocycles. The first-order chi connectivity index (χ1) is 12.4. The molecule has 2 amide bonds. The minimum Gasteiger partial charge on any atom is -0.497 e. The first kappa shape index (κ1) is 19.5. The number of anilines is 1. The van der Waals surface area contributed by atoms with E-state index in [0.29, 0.717) is 12.8 Å². The summed E-state index contributed by atoms with van der Waals surface area (Å²) in [7, 11) is 1.62. The summed E-state index contributed by atoms with van der Waals surface area (Å²) >= 11 is 0. The molecule has 26 heavy (non-hydrogen) atoms. The highest BCUT2D eigenvalue weighted by atomic mass is 16.5. The molecule has 0 spiro atoms. The summed E-state index contributed by atoms with van der Waals surface area (Å²) < 4.78 is 5.11. The standard InChI is InChI=1S/C21H26N2O3/c1-14-11-15(2)21(16(3)12-14)23-20(25)13-22-19(24)10-7-17-5-8-18(26-4)9-6-17/h5-6,8-9,11-12H,7,10,13H2,1-4H3,(H,22,24)(H,23,25). The Hall–Kier alpha value is -2.82. The second kappa shape index (κ2) is 9.04. The third-order valence-corrected chi connectivity index (χ3v) is 4.19. The highest BCUT2D eigenvalue weighted by Crippen LogP contribution is 2.21. The van der Waals surface area contributed by atoms with Crippen LogP contribution in [0.15, 0.2) is 36.4 Å². The lowest BCUT2D eigenvalue weighted by Gasteiger charge is -2.13. The van der Waals surface area contributed by atoms with Crippen LogP contribution in [-0.4, -0.2) is 25.5 Å². The van der Waals surface area contributed by atoms with Crippen molar-refractivity contribution in [3.63, 3.8) is 0 Å². The van der Waals surface area contributed by atoms with E-state index in [9.17, 15) is 9.59 Å². The van der Waals surface area contributed by atoms with Crippen LogP contribution in [0.1, 0.15) is 28.7 Å². The van der Waals surface area contributed by atoms with E-state index in [1.165, 1.54) is 0 Å². The Morgan fingerprint density at radius 2 is 1.58 bits per heavy atom. The summed E-state index contributed by atoms with van der Waals surface area (Å²) in [5.74, 6) is 0.419. The number of benzene rings is 2. The summed E-state index contributed by atoms with van der Waals surface area (Å²) in [4.78, 5) is 24.1. The fourth-order valence-corrected chi connectivity index (χ4v) is 2.88. The molecule has 0 atom stereocenters. The molecule has 2 aromatic rings. The van der Waals surface area contributed by atoms with Gasteiger partial charge in [0, 0.05) is 12.1 Å². The monoisotopic (exact) mass is 354 g/mol. The van der Waals surface area contributed by atoms with Gasteiger partial charge in [-0.3, -0.25) is 9.59 Å². The zero-order chi connectivity index (χ0) is 19.1. The van der Waals surface area contributed by atoms with Crippen molar-refractivity contribution in [3.8, 4) is 5.75 Å². The van der Waals surface area contributed by atoms with Crippen molar-refractivity contribution in [2.45, 2.75) is 33.6 Å². The van der Waals surface area contributed by atoms with Gasteiger partial charge in [-0.25, -0.2) is 0 Å². The number of ether oxygens (including phenoxy) is 1. The Labute approximate surface area is 154 Å². The lowest BCUT2D eigenvalue weighted by molar-refractivity contribution is -0.124. The maximum absolute atomic E-state index is 12.1. The molecule has 0 saturated heterocycles. The average molecular weight is 354 g/mol. The van der Waals surface area contributed by atoms with Crippen LogP contribution in [0.5, 0.6) is 5.75 Å². The maximum Gasteiger partial charge on any atom is 0.243 e. The van der Waals surface area contributed by atoms with Gasteiger partial charge in [0.05, 0.1) is 13.7 Å². The molecule has 2 rings (SSSR count). The van der Waals surface area contributed by atoms with Crippen molar-refractivity contribution in [3.05, 3.63) is 58.7 Å². The minimum absolute atomic E-state index is 0.0335. The quantitative estimate of drug-likeness (QED) is 0.802. The van der Waals surface area contributed by atoms with Gasteiger partial charge in [-0.15, -0.1) is 0 Å². The Morgan fingerprint density at radius 3 is 2.15 bits per heavy atom. The normalized spacial score (nSPS) is 10.3. The molecule has 0 aromatic heterocycles. The van der Waals surface area contributed by atoms with Gasteiger partial charge in [0.25, 0.3) is 0 Å². The molecule has 0 radical (unpaired) electrons. The Kier molecular flexibility index (Phi) is 6.78. The van der Waals surface area contributed by atoms with E-state index in [-0.39, 0.29) is 18.4 Å². The molecule has 0 fully saturated rings. The third kappa shape index (κ3) is 5.62. The van der Waals surface area contributed by atoms with Gasteiger partial charge in [0.1, 0.15) is 5.75 Å². The second-order valence-corrected chi connectivity index (χ2v) is 6.45. The molecule has 5 nitrogen and oxygen atoms in total. The molecule has 0 aliphatic rings. The lowest BCUT2D eigenvalue weighted by Crippen LogP contribution is -2.33. The Bertz CT molecular complexity index is 759. The van der Waals surface area contributed by atoms with Gasteiger partial charge in [-0.2, -0.15) is 0 Å². The maximum atomic E-state index is 12.1. The summed E-state index contributed by atoms with van der Waals surface area (Å²) in [5, 5.41) is 5.55. The summed E-state index contributed by atoms with van der Waals surface area (Å²) in [6, 6.07) is 11.6. The van der Waals surface area contributed by atoms with Crippen LogP contribution in [0.4, 0.5) is 5.69 Å². The van der Waals surface area contributed by atoms with E-state index in [1.54, 1.807) is 7.11 Å². The molecule has 5 heteroatoms. The number of amides is 2. The topological polar surface area (TPSA) is 67.4 Å². The summed E-state index contributed by atoms with van der Waals surface area (Å²) in [6.07, 6.45) is 0.954. The molecule has 138 valence electrons. The second-order valence-electron chi connectivity index (χ2n) is 6.45. The van der Waals surface area contributed by atoms with Crippen LogP contribution in [0.2, 0.25) is 0 Å². The van der Waals surface area contributed by atoms with Crippen LogP contribution in [0.25, 0.3) is 0 Å². The highest BCUT2D eigenvalue weighted by molar-refractivity contribution is 5.95. The number of aryl methyl sites for hydroxylation is 4. The number of hydrogen-bond acceptors (Lipinski definition) is 3. The number of methoxy groups -OCH3 is 1. The van der Waals surface area contributed by atoms with Gasteiger partial charge >= 0.3 is 0 Å². The average Bonchev–Trinajstić information content (AvgIpc) is 2.61. The number of carbonyl (C=O) groups excluding carboxylic acids is 2. The van der Waals surface area contributed by atoms with Crippen molar-refractivity contribution in [2.75, 3.05) is 19.0 Å². The van der Waals surface area contributed by atoms with Crippen LogP contribution in [-0.2, 0) is 16.0 Å². The molecule has 0 unspecified atom stereocenters. The van der Waals surface area contributed by atoms with Crippen molar-refractivity contribution >= 4 is 17.5 Å². The predicted molar refractivity (Wildman–Crippen MR) is 104 cm³/mol. The number of rotatable bonds is 7. The van der Waals surface area contributed by atoms with Gasteiger partial charge in [-0.05, 0) is 56.0 Å². The minimum atomic E-state index is -0.224. The summed E-state index contributed by atoms with van der Waals surface area (Å²) in [5.41, 5.74) is 5.05. The predicted octanol–water partition coefficient (Wildman–Crippen LogP) is 3.31. The third-order valence-electron chi connectivity index (χ3n) is 4.19. The summed E-state index contributed by atoms with van der Waals surface area (Å²) in [6.45, 7) is 5.91. The van der Waals surface area contributed by atoms with E-state index >= 15 is 0 Å². The molecule has 2 N–H and O–H groups in total. The molecule has 0 saturated carbocycles. The smallest absolute Gasteiger partial charge is 0.243 e. The lowest BCUT2D eigenvalue weighted by atomic mass is 10.1. The fraction of sp³-hybridized carbons (Fsp3) is 0.333. The van der Waals surface area contributed by atoms with Gasteiger partial charge < -0.3 is 15.4 Å². The molecular formula is C21H26N2O3. The van der Waals surface area contributed by atoms with Gasteiger partial charge in [-0.1, -0.05) is 29.8 Å². The van der Waals surface area contributed by atoms with E-state index in [1.807, 2.05) is 57.2 Å². The molecule has 0 aliphatic carbocycles. The number of nitrogens with one attached hydrogen (secondary N) is 2. The van der Waals surface area contributed by atoms with E-state index < -0.39 is 0 Å². The first-order valence-corrected chi connectivity index (χ1v) is 8.66. The van der Waals surface area contributed by atoms with E-state index in [4.69, 9.17) is 4.74 Å². The first-order valence-electron chi connectivity index (χ1n) is 8.66. The van der Waals surface area contributed by atoms with Crippen molar-refractivity contribution in [2.24, 2.45) is 0 Å². The zero-order valence-corrected chi connectivity index (χ0v) is 15.8. The van der Waals surface area contributed by atoms with Crippen molar-refractivity contribution < 1.29 is 14.3 Å². The van der Waals surface area contributed by atoms with Crippen LogP contribution in [0, 0.1) is 20.8 Å². The van der Waals surface area contributed by atoms with E-state index in [0.717, 1.165) is 33.7 Å². The number of carbonyl (C=O) groups is 2. The molecule has 0 bridgehead atoms. The van der Waals surface area contributed by atoms with Crippen LogP contribution in [0.3, 0.4) is 0 Å². The zero-order valence-electron chi connectivity index (χ0n) is 15.8. The van der Waals surface area contributed by atoms with Gasteiger partial charge in [0.15, 0.2) is 0 Å². The van der Waals surface area contributed by atoms with Crippen LogP contribution >= 0.6 is 0 Å². The van der Waals surface area contributed by atoms with E-state index in [2.05, 4.69) is 10.6 Å². The molecular weight excluding hydrogens is 328 g/mol. The van der Waals surface area contributed by atoms with Gasteiger partial charge in [0.2, 0.25) is 11.8 Å². The fourth-order valence-electron chi connectivity index (χ4n) is 2.88. The highest BCUT2D eigenvalue weighted by Gasteiger charge is 2.10.